The predicted octanol–water partition coefficient (Wildman–Crippen LogP) is 2.24. The first-order valence-electron chi connectivity index (χ1n) is 7.50. The van der Waals surface area contributed by atoms with Crippen LogP contribution in [0.3, 0.4) is 0 Å². The van der Waals surface area contributed by atoms with Gasteiger partial charge < -0.3 is 20.7 Å². The Balaban J connectivity index is 2.07. The fourth-order valence-electron chi connectivity index (χ4n) is 2.30. The monoisotopic (exact) mass is 341 g/mol. The van der Waals surface area contributed by atoms with Crippen LogP contribution in [0.15, 0.2) is 48.5 Å². The Morgan fingerprint density at radius 3 is 2.36 bits per heavy atom. The maximum atomic E-state index is 12.5. The maximum Gasteiger partial charge on any atom is 0.337 e. The highest BCUT2D eigenvalue weighted by molar-refractivity contribution is 5.96. The smallest absolute Gasteiger partial charge is 0.337 e. The van der Waals surface area contributed by atoms with E-state index in [1.165, 1.54) is 12.0 Å². The summed E-state index contributed by atoms with van der Waals surface area (Å²) >= 11 is 0. The number of esters is 1. The number of nitrogens with one attached hydrogen (secondary N) is 1. The van der Waals surface area contributed by atoms with Crippen molar-refractivity contribution in [3.05, 3.63) is 65.2 Å². The third kappa shape index (κ3) is 4.81. The minimum atomic E-state index is -0.691. The Kier molecular flexibility index (Phi) is 5.73. The van der Waals surface area contributed by atoms with Gasteiger partial charge in [0.25, 0.3) is 5.91 Å². The third-order valence-corrected chi connectivity index (χ3v) is 3.52. The molecule has 25 heavy (non-hydrogen) atoms. The SMILES string of the molecule is COC(=O)c1ccc(CN(C)C(=O)c2cccc(NC(N)=O)c2)cc1. The zero-order valence-electron chi connectivity index (χ0n) is 14.0. The van der Waals surface area contributed by atoms with Crippen molar-refractivity contribution in [3.8, 4) is 0 Å². The van der Waals surface area contributed by atoms with Gasteiger partial charge in [-0.1, -0.05) is 18.2 Å². The molecule has 0 aliphatic heterocycles. The van der Waals surface area contributed by atoms with E-state index in [1.54, 1.807) is 55.6 Å². The van der Waals surface area contributed by atoms with Crippen LogP contribution < -0.4 is 11.1 Å². The first-order chi connectivity index (χ1) is 11.9. The Morgan fingerprint density at radius 1 is 1.08 bits per heavy atom. The van der Waals surface area contributed by atoms with E-state index in [4.69, 9.17) is 5.73 Å². The number of primary amides is 1. The van der Waals surface area contributed by atoms with Crippen LogP contribution in [0.2, 0.25) is 0 Å². The number of amides is 3. The molecule has 0 heterocycles. The molecular weight excluding hydrogens is 322 g/mol. The van der Waals surface area contributed by atoms with E-state index in [-0.39, 0.29) is 5.91 Å². The number of anilines is 1. The van der Waals surface area contributed by atoms with Crippen LogP contribution in [0.4, 0.5) is 10.5 Å². The van der Waals surface area contributed by atoms with Crippen molar-refractivity contribution in [3.63, 3.8) is 0 Å². The average Bonchev–Trinajstić information content (AvgIpc) is 2.60. The highest BCUT2D eigenvalue weighted by Crippen LogP contribution is 2.14. The summed E-state index contributed by atoms with van der Waals surface area (Å²) in [6.45, 7) is 0.369. The summed E-state index contributed by atoms with van der Waals surface area (Å²) < 4.78 is 4.65. The van der Waals surface area contributed by atoms with E-state index in [0.717, 1.165) is 5.56 Å². The summed E-state index contributed by atoms with van der Waals surface area (Å²) in [5.41, 5.74) is 7.28. The number of nitrogens with zero attached hydrogens (tertiary/aromatic N) is 1. The van der Waals surface area contributed by atoms with Gasteiger partial charge in [0.2, 0.25) is 0 Å². The molecule has 2 rings (SSSR count). The summed E-state index contributed by atoms with van der Waals surface area (Å²) in [7, 11) is 2.99. The minimum Gasteiger partial charge on any atom is -0.465 e. The Morgan fingerprint density at radius 2 is 1.76 bits per heavy atom. The number of hydrogen-bond donors (Lipinski definition) is 2. The van der Waals surface area contributed by atoms with Gasteiger partial charge in [0.1, 0.15) is 0 Å². The van der Waals surface area contributed by atoms with Gasteiger partial charge in [-0.05, 0) is 35.9 Å². The molecule has 0 fully saturated rings. The number of rotatable bonds is 5. The predicted molar refractivity (Wildman–Crippen MR) is 93.2 cm³/mol. The van der Waals surface area contributed by atoms with Gasteiger partial charge >= 0.3 is 12.0 Å². The minimum absolute atomic E-state index is 0.204. The molecule has 0 atom stereocenters. The quantitative estimate of drug-likeness (QED) is 0.814. The zero-order valence-corrected chi connectivity index (χ0v) is 14.0. The van der Waals surface area contributed by atoms with Crippen molar-refractivity contribution >= 4 is 23.6 Å². The second-order valence-electron chi connectivity index (χ2n) is 5.42. The number of ether oxygens (including phenoxy) is 1. The second kappa shape index (κ2) is 7.96. The van der Waals surface area contributed by atoms with E-state index in [0.29, 0.717) is 23.4 Å². The molecule has 2 aromatic carbocycles. The molecule has 3 N–H and O–H groups in total. The van der Waals surface area contributed by atoms with Crippen LogP contribution in [0.5, 0.6) is 0 Å². The van der Waals surface area contributed by atoms with Crippen LogP contribution in [-0.4, -0.2) is 37.0 Å². The molecule has 0 aliphatic carbocycles. The Bertz CT molecular complexity index is 787. The summed E-state index contributed by atoms with van der Waals surface area (Å²) in [4.78, 5) is 36.4. The molecule has 0 unspecified atom stereocenters. The molecule has 0 aliphatic rings. The molecule has 0 aromatic heterocycles. The molecule has 3 amide bonds. The van der Waals surface area contributed by atoms with Gasteiger partial charge in [-0.3, -0.25) is 4.79 Å². The zero-order chi connectivity index (χ0) is 18.4. The van der Waals surface area contributed by atoms with E-state index in [1.807, 2.05) is 0 Å². The number of methoxy groups -OCH3 is 1. The fourth-order valence-corrected chi connectivity index (χ4v) is 2.30. The molecule has 0 spiro atoms. The number of hydrogen-bond acceptors (Lipinski definition) is 4. The van der Waals surface area contributed by atoms with Crippen molar-refractivity contribution in [2.75, 3.05) is 19.5 Å². The maximum absolute atomic E-state index is 12.5. The van der Waals surface area contributed by atoms with Gasteiger partial charge in [-0.15, -0.1) is 0 Å². The molecule has 2 aromatic rings. The van der Waals surface area contributed by atoms with Gasteiger partial charge in [0.05, 0.1) is 12.7 Å². The van der Waals surface area contributed by atoms with Gasteiger partial charge in [0, 0.05) is 24.8 Å². The molecule has 0 saturated carbocycles. The molecule has 0 saturated heterocycles. The summed E-state index contributed by atoms with van der Waals surface area (Å²) in [5.74, 6) is -0.611. The largest absolute Gasteiger partial charge is 0.465 e. The highest BCUT2D eigenvalue weighted by Gasteiger charge is 2.13. The van der Waals surface area contributed by atoms with Gasteiger partial charge in [-0.25, -0.2) is 9.59 Å². The first kappa shape index (κ1) is 18.0. The summed E-state index contributed by atoms with van der Waals surface area (Å²) in [5, 5.41) is 2.44. The number of carbonyl (C=O) groups excluding carboxylic acids is 3. The van der Waals surface area contributed by atoms with Gasteiger partial charge in [-0.2, -0.15) is 0 Å². The Labute approximate surface area is 145 Å². The van der Waals surface area contributed by atoms with Crippen molar-refractivity contribution in [2.45, 2.75) is 6.54 Å². The number of benzene rings is 2. The average molecular weight is 341 g/mol. The number of carbonyl (C=O) groups is 3. The van der Waals surface area contributed by atoms with E-state index in [9.17, 15) is 14.4 Å². The molecule has 130 valence electrons. The van der Waals surface area contributed by atoms with Crippen LogP contribution in [0.25, 0.3) is 0 Å². The van der Waals surface area contributed by atoms with Gasteiger partial charge in [0.15, 0.2) is 0 Å². The lowest BCUT2D eigenvalue weighted by Crippen LogP contribution is -2.26. The van der Waals surface area contributed by atoms with Crippen molar-refractivity contribution in [1.82, 2.24) is 4.90 Å². The van der Waals surface area contributed by atoms with E-state index in [2.05, 4.69) is 10.1 Å². The third-order valence-electron chi connectivity index (χ3n) is 3.52. The molecule has 7 nitrogen and oxygen atoms in total. The lowest BCUT2D eigenvalue weighted by molar-refractivity contribution is 0.0600. The van der Waals surface area contributed by atoms with Crippen molar-refractivity contribution in [1.29, 1.82) is 0 Å². The lowest BCUT2D eigenvalue weighted by atomic mass is 10.1. The van der Waals surface area contributed by atoms with Crippen molar-refractivity contribution in [2.24, 2.45) is 5.73 Å². The van der Waals surface area contributed by atoms with E-state index >= 15 is 0 Å². The molecular formula is C18H19N3O4. The number of urea groups is 1. The molecule has 7 heteroatoms. The van der Waals surface area contributed by atoms with Crippen LogP contribution in [0, 0.1) is 0 Å². The summed E-state index contributed by atoms with van der Waals surface area (Å²) in [6.07, 6.45) is 0. The normalized spacial score (nSPS) is 10.0. The first-order valence-corrected chi connectivity index (χ1v) is 7.50. The van der Waals surface area contributed by atoms with Crippen molar-refractivity contribution < 1.29 is 19.1 Å². The second-order valence-corrected chi connectivity index (χ2v) is 5.42. The van der Waals surface area contributed by atoms with E-state index < -0.39 is 12.0 Å². The Hall–Kier alpha value is -3.35. The van der Waals surface area contributed by atoms with Crippen LogP contribution in [-0.2, 0) is 11.3 Å². The van der Waals surface area contributed by atoms with Crippen LogP contribution in [0.1, 0.15) is 26.3 Å². The topological polar surface area (TPSA) is 102 Å². The fraction of sp³-hybridized carbons (Fsp3) is 0.167. The lowest BCUT2D eigenvalue weighted by Gasteiger charge is -2.18. The molecule has 0 radical (unpaired) electrons. The number of nitrogens with two attached hydrogens (primary N) is 1. The van der Waals surface area contributed by atoms with Crippen LogP contribution >= 0.6 is 0 Å². The standard InChI is InChI=1S/C18H19N3O4/c1-21(11-12-6-8-13(9-7-12)17(23)25-2)16(22)14-4-3-5-15(10-14)20-18(19)24/h3-10H,11H2,1-2H3,(H3,19,20,24). The molecule has 0 bridgehead atoms. The summed E-state index contributed by atoms with van der Waals surface area (Å²) in [6, 6.07) is 12.7. The highest BCUT2D eigenvalue weighted by atomic mass is 16.5.